The van der Waals surface area contributed by atoms with E-state index in [9.17, 15) is 9.90 Å². The molecule has 0 fully saturated rings. The Kier molecular flexibility index (Phi) is 4.95. The second kappa shape index (κ2) is 7.00. The van der Waals surface area contributed by atoms with Gasteiger partial charge >= 0.3 is 0 Å². The molecule has 0 bridgehead atoms. The number of carbonyl (C=O) groups excluding carboxylic acids is 1. The molecule has 3 rings (SSSR count). The average Bonchev–Trinajstić information content (AvgIpc) is 2.89. The molecule has 1 amide bonds. The molecule has 1 aromatic rings. The fourth-order valence-corrected chi connectivity index (χ4v) is 3.44. The molecule has 0 saturated heterocycles. The van der Waals surface area contributed by atoms with Crippen molar-refractivity contribution >= 4 is 29.1 Å². The number of hydrogen-bond acceptors (Lipinski definition) is 4. The zero-order valence-corrected chi connectivity index (χ0v) is 15.2. The summed E-state index contributed by atoms with van der Waals surface area (Å²) >= 11 is 0. The van der Waals surface area contributed by atoms with Crippen molar-refractivity contribution in [2.45, 2.75) is 39.7 Å². The molecule has 25 heavy (non-hydrogen) atoms. The summed E-state index contributed by atoms with van der Waals surface area (Å²) in [5, 5.41) is 16.2. The van der Waals surface area contributed by atoms with E-state index in [-0.39, 0.29) is 29.9 Å². The normalized spacial score (nSPS) is 23.7. The largest absolute Gasteiger partial charge is 0.396 e. The first kappa shape index (κ1) is 17.7. The number of aliphatic hydroxyl groups is 1. The second-order valence-electron chi connectivity index (χ2n) is 7.72. The molecule has 5 heteroatoms. The molecular formula is C20H27N3O2. The van der Waals surface area contributed by atoms with Gasteiger partial charge in [-0.2, -0.15) is 0 Å². The average molecular weight is 341 g/mol. The van der Waals surface area contributed by atoms with E-state index in [0.29, 0.717) is 6.42 Å². The van der Waals surface area contributed by atoms with E-state index in [0.717, 1.165) is 35.5 Å². The van der Waals surface area contributed by atoms with Crippen LogP contribution in [0, 0.1) is 11.3 Å². The van der Waals surface area contributed by atoms with E-state index in [1.54, 1.807) is 0 Å². The molecule has 0 spiro atoms. The van der Waals surface area contributed by atoms with Gasteiger partial charge in [-0.25, -0.2) is 0 Å². The fraction of sp³-hybridized carbons (Fsp3) is 0.500. The first-order valence-electron chi connectivity index (χ1n) is 8.93. The van der Waals surface area contributed by atoms with Gasteiger partial charge < -0.3 is 15.7 Å². The van der Waals surface area contributed by atoms with Crippen LogP contribution in [0.2, 0.25) is 0 Å². The molecule has 2 aliphatic rings. The van der Waals surface area contributed by atoms with Crippen LogP contribution >= 0.6 is 0 Å². The maximum Gasteiger partial charge on any atom is 0.226 e. The molecule has 1 aromatic carbocycles. The molecular weight excluding hydrogens is 314 g/mol. The lowest BCUT2D eigenvalue weighted by atomic mass is 9.76. The van der Waals surface area contributed by atoms with Crippen molar-refractivity contribution < 1.29 is 9.90 Å². The molecule has 5 nitrogen and oxygen atoms in total. The number of carbonyl (C=O) groups is 1. The van der Waals surface area contributed by atoms with Crippen molar-refractivity contribution in [3.8, 4) is 0 Å². The number of allylic oxidation sites excluding steroid dienone is 2. The van der Waals surface area contributed by atoms with Crippen molar-refractivity contribution in [3.05, 3.63) is 29.8 Å². The van der Waals surface area contributed by atoms with Crippen molar-refractivity contribution in [2.75, 3.05) is 23.8 Å². The molecule has 0 aliphatic carbocycles. The lowest BCUT2D eigenvalue weighted by Gasteiger charge is -2.30. The van der Waals surface area contributed by atoms with Gasteiger partial charge in [0.25, 0.3) is 0 Å². The SMILES string of the molecule is C[C@@H]1CC(=O)Nc2cccc(C3=C[C@@H](C(C)(C)CO)CCN=C3)c2N1. The fourth-order valence-electron chi connectivity index (χ4n) is 3.44. The Morgan fingerprint density at radius 2 is 2.16 bits per heavy atom. The van der Waals surface area contributed by atoms with Gasteiger partial charge in [0.05, 0.1) is 11.4 Å². The second-order valence-corrected chi connectivity index (χ2v) is 7.72. The van der Waals surface area contributed by atoms with Gasteiger partial charge in [-0.05, 0) is 36.3 Å². The van der Waals surface area contributed by atoms with Gasteiger partial charge in [-0.15, -0.1) is 0 Å². The molecule has 2 heterocycles. The molecule has 0 saturated carbocycles. The third-order valence-electron chi connectivity index (χ3n) is 5.12. The summed E-state index contributed by atoms with van der Waals surface area (Å²) in [6.07, 6.45) is 5.51. The molecule has 0 radical (unpaired) electrons. The van der Waals surface area contributed by atoms with Gasteiger partial charge in [-0.3, -0.25) is 9.79 Å². The maximum atomic E-state index is 12.0. The number of para-hydroxylation sites is 1. The van der Waals surface area contributed by atoms with Gasteiger partial charge in [0.15, 0.2) is 0 Å². The van der Waals surface area contributed by atoms with Crippen molar-refractivity contribution in [3.63, 3.8) is 0 Å². The van der Waals surface area contributed by atoms with Gasteiger partial charge in [0, 0.05) is 37.4 Å². The van der Waals surface area contributed by atoms with Crippen LogP contribution in [0.3, 0.4) is 0 Å². The third kappa shape index (κ3) is 3.76. The van der Waals surface area contributed by atoms with Gasteiger partial charge in [-0.1, -0.05) is 32.1 Å². The number of benzene rings is 1. The topological polar surface area (TPSA) is 73.7 Å². The predicted molar refractivity (Wildman–Crippen MR) is 103 cm³/mol. The highest BCUT2D eigenvalue weighted by Crippen LogP contribution is 2.38. The van der Waals surface area contributed by atoms with Crippen molar-refractivity contribution in [2.24, 2.45) is 16.3 Å². The Bertz CT molecular complexity index is 722. The Morgan fingerprint density at radius 3 is 2.92 bits per heavy atom. The number of rotatable bonds is 3. The molecule has 2 aliphatic heterocycles. The zero-order valence-electron chi connectivity index (χ0n) is 15.2. The summed E-state index contributed by atoms with van der Waals surface area (Å²) in [5.41, 5.74) is 3.64. The quantitative estimate of drug-likeness (QED) is 0.789. The Hall–Kier alpha value is -2.14. The highest BCUT2D eigenvalue weighted by atomic mass is 16.3. The first-order valence-corrected chi connectivity index (χ1v) is 8.93. The molecule has 2 atom stereocenters. The minimum Gasteiger partial charge on any atom is -0.396 e. The number of nitrogens with zero attached hydrogens (tertiary/aromatic N) is 1. The van der Waals surface area contributed by atoms with Crippen LogP contribution in [0.25, 0.3) is 5.57 Å². The van der Waals surface area contributed by atoms with E-state index in [1.807, 2.05) is 25.3 Å². The zero-order chi connectivity index (χ0) is 18.0. The van der Waals surface area contributed by atoms with Crippen LogP contribution in [0.15, 0.2) is 29.3 Å². The van der Waals surface area contributed by atoms with Crippen molar-refractivity contribution in [1.82, 2.24) is 0 Å². The molecule has 0 unspecified atom stereocenters. The summed E-state index contributed by atoms with van der Waals surface area (Å²) < 4.78 is 0. The number of aliphatic imine (C=N–C) groups is 1. The lowest BCUT2D eigenvalue weighted by molar-refractivity contribution is -0.116. The smallest absolute Gasteiger partial charge is 0.226 e. The molecule has 0 aromatic heterocycles. The van der Waals surface area contributed by atoms with Crippen molar-refractivity contribution in [1.29, 1.82) is 0 Å². The van der Waals surface area contributed by atoms with Crippen LogP contribution in [0.4, 0.5) is 11.4 Å². The predicted octanol–water partition coefficient (Wildman–Crippen LogP) is 3.32. The standard InChI is InChI=1S/C20H27N3O2/c1-13-9-18(25)23-17-6-4-5-16(19(17)22-13)14-10-15(7-8-21-11-14)20(2,3)12-24/h4-6,10-11,13,15,22,24H,7-9,12H2,1-3H3,(H,23,25)/t13-,15+/m1/s1. The lowest BCUT2D eigenvalue weighted by Crippen LogP contribution is -2.27. The Labute approximate surface area is 149 Å². The van der Waals surface area contributed by atoms with E-state index in [1.165, 1.54) is 0 Å². The van der Waals surface area contributed by atoms with Crippen LogP contribution < -0.4 is 10.6 Å². The van der Waals surface area contributed by atoms with Gasteiger partial charge in [0.2, 0.25) is 5.91 Å². The summed E-state index contributed by atoms with van der Waals surface area (Å²) in [7, 11) is 0. The minimum atomic E-state index is -0.195. The van der Waals surface area contributed by atoms with E-state index in [2.05, 4.69) is 41.6 Å². The molecule has 134 valence electrons. The van der Waals surface area contributed by atoms with Gasteiger partial charge in [0.1, 0.15) is 0 Å². The minimum absolute atomic E-state index is 0.0266. The van der Waals surface area contributed by atoms with Crippen LogP contribution in [0.5, 0.6) is 0 Å². The summed E-state index contributed by atoms with van der Waals surface area (Å²) in [6, 6.07) is 6.00. The summed E-state index contributed by atoms with van der Waals surface area (Å²) in [5.74, 6) is 0.266. The monoisotopic (exact) mass is 341 g/mol. The number of nitrogens with one attached hydrogen (secondary N) is 2. The summed E-state index contributed by atoms with van der Waals surface area (Å²) in [6.45, 7) is 7.08. The highest BCUT2D eigenvalue weighted by Gasteiger charge is 2.29. The first-order chi connectivity index (χ1) is 11.9. The Balaban J connectivity index is 2.06. The Morgan fingerprint density at radius 1 is 1.36 bits per heavy atom. The number of fused-ring (bicyclic) bond motifs is 1. The van der Waals surface area contributed by atoms with E-state index >= 15 is 0 Å². The van der Waals surface area contributed by atoms with Crippen LogP contribution in [-0.2, 0) is 4.79 Å². The summed E-state index contributed by atoms with van der Waals surface area (Å²) in [4.78, 5) is 16.5. The van der Waals surface area contributed by atoms with Crippen LogP contribution in [0.1, 0.15) is 39.2 Å². The molecule has 3 N–H and O–H groups in total. The number of amides is 1. The number of hydrogen-bond donors (Lipinski definition) is 3. The van der Waals surface area contributed by atoms with Crippen LogP contribution in [-0.4, -0.2) is 36.4 Å². The van der Waals surface area contributed by atoms with E-state index < -0.39 is 0 Å². The third-order valence-corrected chi connectivity index (χ3v) is 5.12. The number of anilines is 2. The maximum absolute atomic E-state index is 12.0. The number of aliphatic hydroxyl groups excluding tert-OH is 1. The van der Waals surface area contributed by atoms with E-state index in [4.69, 9.17) is 0 Å². The highest BCUT2D eigenvalue weighted by molar-refractivity contribution is 6.14.